The normalized spacial score (nSPS) is 32.5. The van der Waals surface area contributed by atoms with Crippen LogP contribution in [0.4, 0.5) is 0 Å². The smallest absolute Gasteiger partial charge is 0.308 e. The zero-order valence-corrected chi connectivity index (χ0v) is 5.58. The van der Waals surface area contributed by atoms with Crippen LogP contribution in [0.1, 0.15) is 6.42 Å². The second kappa shape index (κ2) is 2.98. The Kier molecular flexibility index (Phi) is 2.24. The van der Waals surface area contributed by atoms with Crippen LogP contribution in [0.25, 0.3) is 0 Å². The van der Waals surface area contributed by atoms with Crippen LogP contribution in [0.5, 0.6) is 0 Å². The van der Waals surface area contributed by atoms with Crippen molar-refractivity contribution in [2.24, 2.45) is 5.92 Å². The van der Waals surface area contributed by atoms with Gasteiger partial charge in [0.05, 0.1) is 12.5 Å². The lowest BCUT2D eigenvalue weighted by Crippen LogP contribution is -2.34. The van der Waals surface area contributed by atoms with E-state index >= 15 is 0 Å². The highest BCUT2D eigenvalue weighted by Gasteiger charge is 2.31. The van der Waals surface area contributed by atoms with Gasteiger partial charge in [0.2, 0.25) is 0 Å². The first-order valence-electron chi connectivity index (χ1n) is 3.32. The molecule has 1 fully saturated rings. The first kappa shape index (κ1) is 7.50. The van der Waals surface area contributed by atoms with Crippen molar-refractivity contribution >= 4 is 5.97 Å². The molecule has 4 heteroatoms. The number of aliphatic carboxylic acids is 1. The van der Waals surface area contributed by atoms with Crippen LogP contribution in [0.3, 0.4) is 0 Å². The summed E-state index contributed by atoms with van der Waals surface area (Å²) in [6.45, 7) is 0.610. The lowest BCUT2D eigenvalue weighted by molar-refractivity contribution is -0.142. The third-order valence-electron chi connectivity index (χ3n) is 1.86. The third-order valence-corrected chi connectivity index (χ3v) is 1.86. The summed E-state index contributed by atoms with van der Waals surface area (Å²) >= 11 is 0. The number of hydrogen-bond donors (Lipinski definition) is 3. The Labute approximate surface area is 58.9 Å². The average Bonchev–Trinajstić information content (AvgIpc) is 2.33. The van der Waals surface area contributed by atoms with E-state index in [2.05, 4.69) is 5.32 Å². The van der Waals surface area contributed by atoms with Crippen LogP contribution in [0.2, 0.25) is 0 Å². The van der Waals surface area contributed by atoms with E-state index in [9.17, 15) is 4.79 Å². The maximum Gasteiger partial charge on any atom is 0.308 e. The van der Waals surface area contributed by atoms with E-state index in [1.807, 2.05) is 0 Å². The number of hydrogen-bond acceptors (Lipinski definition) is 3. The van der Waals surface area contributed by atoms with E-state index in [1.165, 1.54) is 0 Å². The number of carbonyl (C=O) groups is 1. The van der Waals surface area contributed by atoms with Gasteiger partial charge < -0.3 is 15.5 Å². The van der Waals surface area contributed by atoms with Crippen LogP contribution in [0, 0.1) is 5.92 Å². The molecule has 1 saturated heterocycles. The van der Waals surface area contributed by atoms with Crippen molar-refractivity contribution in [2.75, 3.05) is 13.2 Å². The van der Waals surface area contributed by atoms with Crippen LogP contribution in [-0.2, 0) is 4.79 Å². The molecule has 10 heavy (non-hydrogen) atoms. The molecule has 0 saturated carbocycles. The molecule has 0 aromatic carbocycles. The van der Waals surface area contributed by atoms with Crippen LogP contribution < -0.4 is 5.32 Å². The number of aliphatic hydroxyl groups is 1. The van der Waals surface area contributed by atoms with Crippen molar-refractivity contribution in [3.8, 4) is 0 Å². The minimum atomic E-state index is -0.816. The zero-order valence-electron chi connectivity index (χ0n) is 5.58. The van der Waals surface area contributed by atoms with Gasteiger partial charge in [0.25, 0.3) is 0 Å². The van der Waals surface area contributed by atoms with E-state index in [1.54, 1.807) is 0 Å². The molecule has 0 bridgehead atoms. The van der Waals surface area contributed by atoms with Gasteiger partial charge in [0, 0.05) is 6.04 Å². The second-order valence-corrected chi connectivity index (χ2v) is 2.48. The predicted molar refractivity (Wildman–Crippen MR) is 34.6 cm³/mol. The Balaban J connectivity index is 2.50. The largest absolute Gasteiger partial charge is 0.481 e. The molecule has 1 rings (SSSR count). The molecule has 0 spiro atoms. The van der Waals surface area contributed by atoms with Gasteiger partial charge in [-0.15, -0.1) is 0 Å². The Morgan fingerprint density at radius 2 is 2.40 bits per heavy atom. The third kappa shape index (κ3) is 1.27. The van der Waals surface area contributed by atoms with Gasteiger partial charge >= 0.3 is 5.97 Å². The maximum absolute atomic E-state index is 10.4. The molecule has 2 atom stereocenters. The predicted octanol–water partition coefficient (Wildman–Crippen LogP) is -0.959. The van der Waals surface area contributed by atoms with Crippen LogP contribution >= 0.6 is 0 Å². The Hall–Kier alpha value is -0.610. The van der Waals surface area contributed by atoms with Crippen molar-refractivity contribution in [1.29, 1.82) is 0 Å². The van der Waals surface area contributed by atoms with Gasteiger partial charge in [0.15, 0.2) is 0 Å². The number of carboxylic acids is 1. The molecule has 1 aliphatic heterocycles. The summed E-state index contributed by atoms with van der Waals surface area (Å²) in [6, 6.07) is -0.238. The van der Waals surface area contributed by atoms with Gasteiger partial charge in [-0.2, -0.15) is 0 Å². The summed E-state index contributed by atoms with van der Waals surface area (Å²) in [6.07, 6.45) is 0.626. The maximum atomic E-state index is 10.4. The monoisotopic (exact) mass is 145 g/mol. The number of nitrogens with one attached hydrogen (secondary N) is 1. The van der Waals surface area contributed by atoms with Crippen molar-refractivity contribution < 1.29 is 15.0 Å². The van der Waals surface area contributed by atoms with Crippen LogP contribution in [-0.4, -0.2) is 35.4 Å². The summed E-state index contributed by atoms with van der Waals surface area (Å²) < 4.78 is 0. The molecule has 4 nitrogen and oxygen atoms in total. The average molecular weight is 145 g/mol. The summed E-state index contributed by atoms with van der Waals surface area (Å²) in [5, 5.41) is 20.1. The van der Waals surface area contributed by atoms with Gasteiger partial charge in [-0.3, -0.25) is 4.79 Å². The highest BCUT2D eigenvalue weighted by atomic mass is 16.4. The molecule has 0 amide bonds. The molecule has 0 aromatic rings. The van der Waals surface area contributed by atoms with E-state index < -0.39 is 11.9 Å². The highest BCUT2D eigenvalue weighted by molar-refractivity contribution is 5.71. The molecule has 0 unspecified atom stereocenters. The molecule has 3 N–H and O–H groups in total. The van der Waals surface area contributed by atoms with E-state index in [0.29, 0.717) is 13.0 Å². The summed E-state index contributed by atoms with van der Waals surface area (Å²) in [7, 11) is 0. The van der Waals surface area contributed by atoms with Gasteiger partial charge in [-0.25, -0.2) is 0 Å². The first-order valence-corrected chi connectivity index (χ1v) is 3.32. The lowest BCUT2D eigenvalue weighted by Gasteiger charge is -2.11. The topological polar surface area (TPSA) is 69.6 Å². The number of aliphatic hydroxyl groups excluding tert-OH is 1. The first-order chi connectivity index (χ1) is 4.75. The lowest BCUT2D eigenvalue weighted by atomic mass is 10.0. The molecular formula is C6H11NO3. The Morgan fingerprint density at radius 1 is 1.70 bits per heavy atom. The standard InChI is InChI=1S/C6H11NO3/c8-3-5-4(6(9)10)1-2-7-5/h4-5,7-8H,1-3H2,(H,9,10)/t4-,5+/m1/s1. The summed E-state index contributed by atoms with van der Waals surface area (Å²) in [5.74, 6) is -1.21. The fourth-order valence-corrected chi connectivity index (χ4v) is 1.26. The summed E-state index contributed by atoms with van der Waals surface area (Å²) in [5.41, 5.74) is 0. The molecular weight excluding hydrogens is 134 g/mol. The van der Waals surface area contributed by atoms with Crippen molar-refractivity contribution in [2.45, 2.75) is 12.5 Å². The number of carboxylic acid groups (broad SMARTS) is 1. The molecule has 0 aliphatic carbocycles. The zero-order chi connectivity index (χ0) is 7.56. The minimum absolute atomic E-state index is 0.0863. The fraction of sp³-hybridized carbons (Fsp3) is 0.833. The molecule has 0 radical (unpaired) electrons. The number of rotatable bonds is 2. The highest BCUT2D eigenvalue weighted by Crippen LogP contribution is 2.14. The van der Waals surface area contributed by atoms with E-state index in [4.69, 9.17) is 10.2 Å². The van der Waals surface area contributed by atoms with Crippen molar-refractivity contribution in [3.63, 3.8) is 0 Å². The van der Waals surface area contributed by atoms with Crippen molar-refractivity contribution in [3.05, 3.63) is 0 Å². The van der Waals surface area contributed by atoms with E-state index in [0.717, 1.165) is 0 Å². The SMILES string of the molecule is O=C(O)[C@@H]1CCN[C@H]1CO. The fourth-order valence-electron chi connectivity index (χ4n) is 1.26. The Morgan fingerprint density at radius 3 is 2.80 bits per heavy atom. The quantitative estimate of drug-likeness (QED) is 0.468. The second-order valence-electron chi connectivity index (χ2n) is 2.48. The Bertz CT molecular complexity index is 137. The summed E-state index contributed by atoms with van der Waals surface area (Å²) in [4.78, 5) is 10.4. The van der Waals surface area contributed by atoms with Gasteiger partial charge in [-0.05, 0) is 13.0 Å². The molecule has 1 heterocycles. The molecule has 0 aromatic heterocycles. The van der Waals surface area contributed by atoms with Crippen LogP contribution in [0.15, 0.2) is 0 Å². The van der Waals surface area contributed by atoms with Crippen molar-refractivity contribution in [1.82, 2.24) is 5.32 Å². The molecule has 58 valence electrons. The minimum Gasteiger partial charge on any atom is -0.481 e. The van der Waals surface area contributed by atoms with Gasteiger partial charge in [0.1, 0.15) is 0 Å². The molecule has 1 aliphatic rings. The van der Waals surface area contributed by atoms with E-state index in [-0.39, 0.29) is 12.6 Å². The van der Waals surface area contributed by atoms with Gasteiger partial charge in [-0.1, -0.05) is 0 Å².